The van der Waals surface area contributed by atoms with Crippen molar-refractivity contribution in [2.45, 2.75) is 19.5 Å². The normalized spacial score (nSPS) is 11.9. The van der Waals surface area contributed by atoms with Crippen molar-refractivity contribution in [2.24, 2.45) is 0 Å². The lowest BCUT2D eigenvalue weighted by atomic mass is 10.1. The van der Waals surface area contributed by atoms with Crippen LogP contribution in [0.3, 0.4) is 0 Å². The van der Waals surface area contributed by atoms with E-state index in [0.29, 0.717) is 29.1 Å². The summed E-state index contributed by atoms with van der Waals surface area (Å²) in [4.78, 5) is 16.8. The van der Waals surface area contributed by atoms with Gasteiger partial charge in [0.15, 0.2) is 0 Å². The van der Waals surface area contributed by atoms with Gasteiger partial charge in [-0.2, -0.15) is 10.4 Å². The van der Waals surface area contributed by atoms with Gasteiger partial charge in [0.2, 0.25) is 0 Å². The van der Waals surface area contributed by atoms with E-state index in [-0.39, 0.29) is 22.5 Å². The summed E-state index contributed by atoms with van der Waals surface area (Å²) in [6.07, 6.45) is 5.23. The fourth-order valence-corrected chi connectivity index (χ4v) is 3.36. The monoisotopic (exact) mass is 422 g/mol. The molecule has 0 saturated heterocycles. The Bertz CT molecular complexity index is 1230. The van der Waals surface area contributed by atoms with Gasteiger partial charge in [-0.05, 0) is 37.3 Å². The first-order valence-corrected chi connectivity index (χ1v) is 9.50. The smallest absolute Gasteiger partial charge is 0.271 e. The quantitative estimate of drug-likeness (QED) is 0.531. The number of hydrogen-bond donors (Lipinski definition) is 1. The van der Waals surface area contributed by atoms with Gasteiger partial charge in [-0.3, -0.25) is 9.48 Å². The molecule has 0 saturated carbocycles. The van der Waals surface area contributed by atoms with Crippen LogP contribution in [-0.2, 0) is 6.54 Å². The molecule has 30 heavy (non-hydrogen) atoms. The number of nitriles is 1. The number of hydrogen-bond acceptors (Lipinski definition) is 4. The summed E-state index contributed by atoms with van der Waals surface area (Å²) in [6, 6.07) is 11.5. The van der Waals surface area contributed by atoms with E-state index in [4.69, 9.17) is 16.9 Å². The zero-order valence-corrected chi connectivity index (χ0v) is 16.6. The zero-order chi connectivity index (χ0) is 21.3. The van der Waals surface area contributed by atoms with Gasteiger partial charge in [0.25, 0.3) is 5.91 Å². The highest BCUT2D eigenvalue weighted by Crippen LogP contribution is 2.26. The molecule has 1 N–H and O–H groups in total. The highest BCUT2D eigenvalue weighted by molar-refractivity contribution is 6.32. The van der Waals surface area contributed by atoms with E-state index in [1.54, 1.807) is 33.6 Å². The fraction of sp³-hybridized carbons (Fsp3) is 0.143. The van der Waals surface area contributed by atoms with Crippen molar-refractivity contribution in [3.05, 3.63) is 77.1 Å². The highest BCUT2D eigenvalue weighted by Gasteiger charge is 2.15. The third-order valence-electron chi connectivity index (χ3n) is 4.53. The van der Waals surface area contributed by atoms with E-state index in [2.05, 4.69) is 15.4 Å². The number of amides is 1. The molecule has 1 aromatic carbocycles. The molecule has 7 nitrogen and oxygen atoms in total. The van der Waals surface area contributed by atoms with E-state index in [1.165, 1.54) is 12.1 Å². The maximum atomic E-state index is 14.0. The van der Waals surface area contributed by atoms with E-state index >= 15 is 0 Å². The van der Waals surface area contributed by atoms with Crippen LogP contribution in [0.5, 0.6) is 0 Å². The molecule has 150 valence electrons. The van der Waals surface area contributed by atoms with Gasteiger partial charge in [-0.1, -0.05) is 17.7 Å². The van der Waals surface area contributed by atoms with Gasteiger partial charge in [0.05, 0.1) is 17.3 Å². The molecule has 1 amide bonds. The number of halogens is 2. The Labute approximate surface area is 176 Å². The first-order valence-electron chi connectivity index (χ1n) is 9.12. The lowest BCUT2D eigenvalue weighted by Crippen LogP contribution is -2.36. The molecule has 1 atom stereocenters. The summed E-state index contributed by atoms with van der Waals surface area (Å²) in [5.74, 6) is -0.970. The van der Waals surface area contributed by atoms with Crippen molar-refractivity contribution in [3.63, 3.8) is 0 Å². The molecule has 0 unspecified atom stereocenters. The van der Waals surface area contributed by atoms with Crippen LogP contribution in [0.4, 0.5) is 4.39 Å². The van der Waals surface area contributed by atoms with E-state index in [9.17, 15) is 9.18 Å². The molecule has 9 heteroatoms. The molecule has 0 aliphatic carbocycles. The van der Waals surface area contributed by atoms with Gasteiger partial charge in [0, 0.05) is 30.2 Å². The Morgan fingerprint density at radius 3 is 2.90 bits per heavy atom. The van der Waals surface area contributed by atoms with Crippen LogP contribution in [0.15, 0.2) is 55.0 Å². The minimum atomic E-state index is -0.692. The van der Waals surface area contributed by atoms with Gasteiger partial charge in [-0.15, -0.1) is 0 Å². The average Bonchev–Trinajstić information content (AvgIpc) is 3.34. The van der Waals surface area contributed by atoms with Gasteiger partial charge in [-0.25, -0.2) is 9.37 Å². The Balaban J connectivity index is 1.44. The largest absolute Gasteiger partial charge is 0.346 e. The number of carbonyl (C=O) groups excluding carboxylic acids is 1. The third kappa shape index (κ3) is 3.88. The summed E-state index contributed by atoms with van der Waals surface area (Å²) in [7, 11) is 0. The maximum absolute atomic E-state index is 14.0. The number of nitrogens with zero attached hydrogens (tertiary/aromatic N) is 5. The van der Waals surface area contributed by atoms with Crippen molar-refractivity contribution in [1.82, 2.24) is 24.5 Å². The Morgan fingerprint density at radius 2 is 2.17 bits per heavy atom. The van der Waals surface area contributed by atoms with Crippen LogP contribution >= 0.6 is 11.6 Å². The SMILES string of the molecule is C[C@@H](Cn1ccc(-c2cc(F)c(C#N)c(Cl)c2)n1)NC(=O)c1cn2ccccc2n1. The summed E-state index contributed by atoms with van der Waals surface area (Å²) in [5.41, 5.74) is 1.82. The summed E-state index contributed by atoms with van der Waals surface area (Å²) >= 11 is 5.97. The van der Waals surface area contributed by atoms with Gasteiger partial charge < -0.3 is 9.72 Å². The van der Waals surface area contributed by atoms with Crippen molar-refractivity contribution < 1.29 is 9.18 Å². The molecule has 0 fully saturated rings. The Morgan fingerprint density at radius 1 is 1.33 bits per heavy atom. The zero-order valence-electron chi connectivity index (χ0n) is 15.9. The van der Waals surface area contributed by atoms with Crippen molar-refractivity contribution in [1.29, 1.82) is 5.26 Å². The molecular weight excluding hydrogens is 407 g/mol. The number of pyridine rings is 1. The number of rotatable bonds is 5. The van der Waals surface area contributed by atoms with Crippen LogP contribution < -0.4 is 5.32 Å². The number of imidazole rings is 1. The lowest BCUT2D eigenvalue weighted by Gasteiger charge is -2.13. The molecule has 4 rings (SSSR count). The molecular formula is C21H16ClFN6O. The molecule has 4 aromatic rings. The van der Waals surface area contributed by atoms with Crippen LogP contribution in [0.1, 0.15) is 23.0 Å². The Kier molecular flexibility index (Phi) is 5.21. The molecule has 0 spiro atoms. The molecule has 3 heterocycles. The molecule has 3 aromatic heterocycles. The third-order valence-corrected chi connectivity index (χ3v) is 4.82. The molecule has 0 aliphatic rings. The molecule has 0 bridgehead atoms. The van der Waals surface area contributed by atoms with E-state index in [0.717, 1.165) is 0 Å². The predicted octanol–water partition coefficient (Wildman–Crippen LogP) is 3.68. The minimum absolute atomic E-state index is 0.0372. The van der Waals surface area contributed by atoms with E-state index < -0.39 is 5.82 Å². The molecule has 0 radical (unpaired) electrons. The van der Waals surface area contributed by atoms with Gasteiger partial charge in [0.1, 0.15) is 28.8 Å². The predicted molar refractivity (Wildman–Crippen MR) is 109 cm³/mol. The number of nitrogens with one attached hydrogen (secondary N) is 1. The average molecular weight is 423 g/mol. The van der Waals surface area contributed by atoms with Crippen molar-refractivity contribution >= 4 is 23.2 Å². The minimum Gasteiger partial charge on any atom is -0.346 e. The Hall–Kier alpha value is -3.70. The topological polar surface area (TPSA) is 88.0 Å². The second-order valence-corrected chi connectivity index (χ2v) is 7.22. The van der Waals surface area contributed by atoms with Gasteiger partial charge >= 0.3 is 0 Å². The fourth-order valence-electron chi connectivity index (χ4n) is 3.11. The van der Waals surface area contributed by atoms with E-state index in [1.807, 2.05) is 31.3 Å². The van der Waals surface area contributed by atoms with Crippen molar-refractivity contribution in [3.8, 4) is 17.3 Å². The van der Waals surface area contributed by atoms with Crippen LogP contribution in [0.25, 0.3) is 16.9 Å². The standard InChI is InChI=1S/C21H16ClFN6O/c1-13(25-21(30)19-12-28-6-3-2-4-20(28)26-19)11-29-7-5-18(27-29)14-8-16(22)15(10-24)17(23)9-14/h2-9,12-13H,11H2,1H3,(H,25,30)/t13-/m0/s1. The number of fused-ring (bicyclic) bond motifs is 1. The van der Waals surface area contributed by atoms with Crippen molar-refractivity contribution in [2.75, 3.05) is 0 Å². The molecule has 0 aliphatic heterocycles. The summed E-state index contributed by atoms with van der Waals surface area (Å²) in [6.45, 7) is 2.26. The number of carbonyl (C=O) groups is 1. The first kappa shape index (κ1) is 19.6. The van der Waals surface area contributed by atoms with Crippen LogP contribution in [0.2, 0.25) is 5.02 Å². The maximum Gasteiger partial charge on any atom is 0.271 e. The second kappa shape index (κ2) is 7.97. The van der Waals surface area contributed by atoms with Crippen LogP contribution in [0, 0.1) is 17.1 Å². The number of aromatic nitrogens is 4. The highest BCUT2D eigenvalue weighted by atomic mass is 35.5. The second-order valence-electron chi connectivity index (χ2n) is 6.82. The lowest BCUT2D eigenvalue weighted by molar-refractivity contribution is 0.0931. The first-order chi connectivity index (χ1) is 14.4. The number of benzene rings is 1. The summed E-state index contributed by atoms with van der Waals surface area (Å²) < 4.78 is 17.4. The summed E-state index contributed by atoms with van der Waals surface area (Å²) in [5, 5.41) is 16.3. The van der Waals surface area contributed by atoms with Crippen LogP contribution in [-0.4, -0.2) is 31.1 Å².